The first-order chi connectivity index (χ1) is 10.3. The summed E-state index contributed by atoms with van der Waals surface area (Å²) in [6.07, 6.45) is 0.789. The van der Waals surface area contributed by atoms with Crippen LogP contribution in [0.5, 0.6) is 0 Å². The number of allylic oxidation sites excluding steroid dienone is 2. The number of Topliss-reactive ketones (excluding diaryl/α,β-unsaturated/α-hetero) is 2. The first-order valence-electron chi connectivity index (χ1n) is 7.62. The van der Waals surface area contributed by atoms with E-state index in [1.54, 1.807) is 6.92 Å². The second-order valence-electron chi connectivity index (χ2n) is 6.09. The van der Waals surface area contributed by atoms with Gasteiger partial charge in [-0.2, -0.15) is 0 Å². The summed E-state index contributed by atoms with van der Waals surface area (Å²) in [6.45, 7) is 7.60. The van der Waals surface area contributed by atoms with Crippen molar-refractivity contribution < 1.29 is 14.7 Å². The molecule has 0 atom stereocenters. The Morgan fingerprint density at radius 1 is 1.18 bits per heavy atom. The maximum atomic E-state index is 12.3. The number of nitrogens with two attached hydrogens (primary N) is 1. The number of hydrogen-bond donors (Lipinski definition) is 2. The highest BCUT2D eigenvalue weighted by Gasteiger charge is 2.34. The number of hydrogen-bond acceptors (Lipinski definition) is 4. The second-order valence-corrected chi connectivity index (χ2v) is 6.09. The van der Waals surface area contributed by atoms with E-state index < -0.39 is 0 Å². The molecule has 22 heavy (non-hydrogen) atoms. The monoisotopic (exact) mass is 301 g/mol. The maximum absolute atomic E-state index is 12.3. The molecule has 1 aliphatic carbocycles. The molecule has 1 aliphatic rings. The first-order valence-corrected chi connectivity index (χ1v) is 7.62. The zero-order valence-corrected chi connectivity index (χ0v) is 13.6. The van der Waals surface area contributed by atoms with Gasteiger partial charge in [0, 0.05) is 24.9 Å². The van der Waals surface area contributed by atoms with Crippen molar-refractivity contribution in [3.8, 4) is 0 Å². The fourth-order valence-corrected chi connectivity index (χ4v) is 3.43. The molecule has 0 amide bonds. The minimum atomic E-state index is -0.265. The Balaban J connectivity index is 2.45. The van der Waals surface area contributed by atoms with Crippen LogP contribution in [0.3, 0.4) is 0 Å². The van der Waals surface area contributed by atoms with Crippen LogP contribution in [0, 0.1) is 20.8 Å². The summed E-state index contributed by atoms with van der Waals surface area (Å²) in [4.78, 5) is 24.6. The van der Waals surface area contributed by atoms with Gasteiger partial charge in [-0.3, -0.25) is 9.59 Å². The number of benzene rings is 1. The molecule has 2 rings (SSSR count). The van der Waals surface area contributed by atoms with E-state index in [1.807, 2.05) is 26.8 Å². The third kappa shape index (κ3) is 2.65. The lowest BCUT2D eigenvalue weighted by Crippen LogP contribution is -2.27. The van der Waals surface area contributed by atoms with Crippen molar-refractivity contribution in [1.29, 1.82) is 0 Å². The molecule has 1 aromatic carbocycles. The number of carbonyl (C=O) groups excluding carboxylic acids is 2. The first kappa shape index (κ1) is 16.3. The Morgan fingerprint density at radius 2 is 1.73 bits per heavy atom. The Bertz CT molecular complexity index is 666. The smallest absolute Gasteiger partial charge is 0.170 e. The molecule has 3 N–H and O–H groups in total. The summed E-state index contributed by atoms with van der Waals surface area (Å²) in [7, 11) is 0. The lowest BCUT2D eigenvalue weighted by atomic mass is 9.76. The number of aryl methyl sites for hydroxylation is 2. The zero-order chi connectivity index (χ0) is 16.6. The summed E-state index contributed by atoms with van der Waals surface area (Å²) in [5.74, 6) is -0.779. The second kappa shape index (κ2) is 5.95. The van der Waals surface area contributed by atoms with Gasteiger partial charge in [-0.1, -0.05) is 13.0 Å². The molecule has 0 heterocycles. The van der Waals surface area contributed by atoms with Crippen molar-refractivity contribution in [3.63, 3.8) is 0 Å². The molecule has 0 spiro atoms. The molecule has 1 fully saturated rings. The van der Waals surface area contributed by atoms with E-state index in [1.165, 1.54) is 0 Å². The van der Waals surface area contributed by atoms with Gasteiger partial charge >= 0.3 is 0 Å². The number of ketones is 2. The molecule has 0 radical (unpaired) electrons. The van der Waals surface area contributed by atoms with E-state index in [4.69, 9.17) is 5.73 Å². The summed E-state index contributed by atoms with van der Waals surface area (Å²) in [6, 6.07) is 2.00. The molecule has 0 unspecified atom stereocenters. The van der Waals surface area contributed by atoms with Crippen molar-refractivity contribution in [3.05, 3.63) is 39.7 Å². The molecule has 4 heteroatoms. The largest absolute Gasteiger partial charge is 0.511 e. The van der Waals surface area contributed by atoms with E-state index in [-0.39, 0.29) is 41.7 Å². The van der Waals surface area contributed by atoms with Crippen LogP contribution in [0.4, 0.5) is 5.69 Å². The Hall–Kier alpha value is -2.10. The van der Waals surface area contributed by atoms with Gasteiger partial charge in [0.05, 0.1) is 5.57 Å². The van der Waals surface area contributed by atoms with Crippen molar-refractivity contribution in [2.45, 2.75) is 52.9 Å². The molecule has 0 aromatic heterocycles. The van der Waals surface area contributed by atoms with Crippen LogP contribution in [0.2, 0.25) is 0 Å². The molecule has 118 valence electrons. The number of anilines is 1. The van der Waals surface area contributed by atoms with Gasteiger partial charge < -0.3 is 10.8 Å². The highest BCUT2D eigenvalue weighted by molar-refractivity contribution is 6.22. The highest BCUT2D eigenvalue weighted by Crippen LogP contribution is 2.38. The third-order valence-corrected chi connectivity index (χ3v) is 4.54. The van der Waals surface area contributed by atoms with Crippen LogP contribution < -0.4 is 5.73 Å². The minimum absolute atomic E-state index is 0.00543. The molecule has 1 saturated carbocycles. The van der Waals surface area contributed by atoms with Gasteiger partial charge in [0.1, 0.15) is 5.76 Å². The van der Waals surface area contributed by atoms with Gasteiger partial charge in [0.15, 0.2) is 11.6 Å². The average molecular weight is 301 g/mol. The van der Waals surface area contributed by atoms with E-state index in [2.05, 4.69) is 0 Å². The summed E-state index contributed by atoms with van der Waals surface area (Å²) in [5.41, 5.74) is 10.8. The van der Waals surface area contributed by atoms with E-state index in [0.29, 0.717) is 6.42 Å². The SMILES string of the molecule is CCC(O)=C1C(=O)CC(c2c(C)cc(C)c(N)c2C)CC1=O. The van der Waals surface area contributed by atoms with E-state index in [9.17, 15) is 14.7 Å². The number of aliphatic hydroxyl groups is 1. The number of nitrogen functional groups attached to an aromatic ring is 1. The highest BCUT2D eigenvalue weighted by atomic mass is 16.3. The predicted molar refractivity (Wildman–Crippen MR) is 87.0 cm³/mol. The van der Waals surface area contributed by atoms with Crippen LogP contribution in [0.15, 0.2) is 17.4 Å². The van der Waals surface area contributed by atoms with E-state index in [0.717, 1.165) is 27.9 Å². The predicted octanol–water partition coefficient (Wildman–Crippen LogP) is 3.43. The molecule has 4 nitrogen and oxygen atoms in total. The summed E-state index contributed by atoms with van der Waals surface area (Å²) in [5, 5.41) is 9.79. The summed E-state index contributed by atoms with van der Waals surface area (Å²) < 4.78 is 0. The number of rotatable bonds is 2. The van der Waals surface area contributed by atoms with Crippen molar-refractivity contribution in [1.82, 2.24) is 0 Å². The van der Waals surface area contributed by atoms with Crippen molar-refractivity contribution in [2.24, 2.45) is 0 Å². The Labute approximate surface area is 131 Å². The van der Waals surface area contributed by atoms with Gasteiger partial charge in [-0.25, -0.2) is 0 Å². The standard InChI is InChI=1S/C18H23NO3/c1-5-13(20)17-14(21)7-12(8-15(17)22)16-9(2)6-10(3)18(19)11(16)4/h6,12,20H,5,7-8,19H2,1-4H3. The third-order valence-electron chi connectivity index (χ3n) is 4.54. The molecule has 0 aliphatic heterocycles. The Morgan fingerprint density at radius 3 is 2.23 bits per heavy atom. The fraction of sp³-hybridized carbons (Fsp3) is 0.444. The van der Waals surface area contributed by atoms with Gasteiger partial charge in [-0.15, -0.1) is 0 Å². The van der Waals surface area contributed by atoms with Gasteiger partial charge in [-0.05, 0) is 48.9 Å². The minimum Gasteiger partial charge on any atom is -0.511 e. The van der Waals surface area contributed by atoms with E-state index >= 15 is 0 Å². The molecule has 0 bridgehead atoms. The van der Waals surface area contributed by atoms with Crippen molar-refractivity contribution >= 4 is 17.3 Å². The van der Waals surface area contributed by atoms with Gasteiger partial charge in [0.2, 0.25) is 0 Å². The van der Waals surface area contributed by atoms with Crippen LogP contribution in [0.1, 0.15) is 54.4 Å². The fourth-order valence-electron chi connectivity index (χ4n) is 3.43. The lowest BCUT2D eigenvalue weighted by Gasteiger charge is -2.27. The van der Waals surface area contributed by atoms with Crippen LogP contribution in [0.25, 0.3) is 0 Å². The zero-order valence-electron chi connectivity index (χ0n) is 13.6. The molecule has 0 saturated heterocycles. The molecular weight excluding hydrogens is 278 g/mol. The lowest BCUT2D eigenvalue weighted by molar-refractivity contribution is -0.124. The number of aliphatic hydroxyl groups excluding tert-OH is 1. The number of carbonyl (C=O) groups is 2. The average Bonchev–Trinajstić information content (AvgIpc) is 2.44. The maximum Gasteiger partial charge on any atom is 0.170 e. The van der Waals surface area contributed by atoms with Crippen LogP contribution in [-0.4, -0.2) is 16.7 Å². The normalized spacial score (nSPS) is 18.7. The molecular formula is C18H23NO3. The Kier molecular flexibility index (Phi) is 4.40. The topological polar surface area (TPSA) is 80.4 Å². The van der Waals surface area contributed by atoms with Gasteiger partial charge in [0.25, 0.3) is 0 Å². The van der Waals surface area contributed by atoms with Crippen molar-refractivity contribution in [2.75, 3.05) is 5.73 Å². The van der Waals surface area contributed by atoms with Crippen LogP contribution in [-0.2, 0) is 9.59 Å². The molecule has 1 aromatic rings. The quantitative estimate of drug-likeness (QED) is 0.379. The van der Waals surface area contributed by atoms with Crippen LogP contribution >= 0.6 is 0 Å². The summed E-state index contributed by atoms with van der Waals surface area (Å²) >= 11 is 0.